The number of nitrogens with two attached hydrogens (primary N) is 1. The number of hydrogen-bond donors (Lipinski definition) is 1. The van der Waals surface area contributed by atoms with Gasteiger partial charge in [-0.3, -0.25) is 0 Å². The van der Waals surface area contributed by atoms with Crippen LogP contribution in [0.5, 0.6) is 5.88 Å². The summed E-state index contributed by atoms with van der Waals surface area (Å²) >= 11 is 0. The van der Waals surface area contributed by atoms with Crippen LogP contribution in [-0.4, -0.2) is 30.8 Å². The zero-order valence-corrected chi connectivity index (χ0v) is 10.9. The van der Waals surface area contributed by atoms with Crippen molar-refractivity contribution >= 4 is 5.69 Å². The highest BCUT2D eigenvalue weighted by Crippen LogP contribution is 2.24. The third kappa shape index (κ3) is 2.24. The van der Waals surface area contributed by atoms with E-state index in [2.05, 4.69) is 20.1 Å². The van der Waals surface area contributed by atoms with E-state index in [9.17, 15) is 0 Å². The van der Waals surface area contributed by atoms with Gasteiger partial charge in [0, 0.05) is 0 Å². The molecule has 7 nitrogen and oxygen atoms in total. The molecule has 2 N–H and O–H groups in total. The Balaban J connectivity index is 2.49. The van der Waals surface area contributed by atoms with Gasteiger partial charge in [0.15, 0.2) is 5.82 Å². The number of hydrogen-bond acceptors (Lipinski definition) is 6. The Morgan fingerprint density at radius 3 is 2.56 bits per heavy atom. The summed E-state index contributed by atoms with van der Waals surface area (Å²) < 4.78 is 7.10. The summed E-state index contributed by atoms with van der Waals surface area (Å²) in [6, 6.07) is 0. The largest absolute Gasteiger partial charge is 0.473 e. The summed E-state index contributed by atoms with van der Waals surface area (Å²) in [6.07, 6.45) is 1.40. The molecule has 0 aliphatic heterocycles. The van der Waals surface area contributed by atoms with Gasteiger partial charge in [0.05, 0.1) is 6.10 Å². The molecule has 2 aromatic heterocycles. The van der Waals surface area contributed by atoms with E-state index in [0.29, 0.717) is 29.0 Å². The van der Waals surface area contributed by atoms with Gasteiger partial charge in [-0.05, 0) is 27.7 Å². The van der Waals surface area contributed by atoms with E-state index < -0.39 is 0 Å². The molecule has 0 saturated heterocycles. The second-order valence-corrected chi connectivity index (χ2v) is 4.20. The van der Waals surface area contributed by atoms with Gasteiger partial charge < -0.3 is 10.5 Å². The number of anilines is 1. The van der Waals surface area contributed by atoms with E-state index in [-0.39, 0.29) is 6.10 Å². The summed E-state index contributed by atoms with van der Waals surface area (Å²) in [7, 11) is 0. The number of ether oxygens (including phenoxy) is 1. The second kappa shape index (κ2) is 4.59. The minimum atomic E-state index is -0.00590. The molecule has 18 heavy (non-hydrogen) atoms. The van der Waals surface area contributed by atoms with Gasteiger partial charge in [0.2, 0.25) is 5.88 Å². The van der Waals surface area contributed by atoms with Crippen molar-refractivity contribution in [2.24, 2.45) is 0 Å². The zero-order chi connectivity index (χ0) is 13.3. The summed E-state index contributed by atoms with van der Waals surface area (Å²) in [4.78, 5) is 12.4. The highest BCUT2D eigenvalue weighted by Gasteiger charge is 2.15. The van der Waals surface area contributed by atoms with E-state index in [1.54, 1.807) is 4.68 Å². The minimum absolute atomic E-state index is 0.00590. The molecule has 0 atom stereocenters. The Hall–Kier alpha value is -2.18. The van der Waals surface area contributed by atoms with Crippen molar-refractivity contribution in [1.29, 1.82) is 0 Å². The number of nitrogens with zero attached hydrogens (tertiary/aromatic N) is 5. The van der Waals surface area contributed by atoms with Crippen molar-refractivity contribution in [2.45, 2.75) is 33.8 Å². The van der Waals surface area contributed by atoms with Gasteiger partial charge in [0.25, 0.3) is 0 Å². The topological polar surface area (TPSA) is 91.7 Å². The second-order valence-electron chi connectivity index (χ2n) is 4.20. The van der Waals surface area contributed by atoms with Crippen molar-refractivity contribution in [2.75, 3.05) is 5.73 Å². The molecule has 0 fully saturated rings. The van der Waals surface area contributed by atoms with Crippen LogP contribution in [0, 0.1) is 13.8 Å². The molecule has 0 unspecified atom stereocenters. The molecule has 0 aliphatic carbocycles. The van der Waals surface area contributed by atoms with Crippen molar-refractivity contribution in [3.63, 3.8) is 0 Å². The van der Waals surface area contributed by atoms with E-state index in [1.807, 2.05) is 27.7 Å². The molecule has 0 aromatic carbocycles. The predicted molar refractivity (Wildman–Crippen MR) is 66.6 cm³/mol. The maximum atomic E-state index is 6.00. The van der Waals surface area contributed by atoms with Gasteiger partial charge >= 0.3 is 0 Å². The van der Waals surface area contributed by atoms with Crippen LogP contribution in [0.25, 0.3) is 5.82 Å². The van der Waals surface area contributed by atoms with Crippen LogP contribution in [0.2, 0.25) is 0 Å². The Kier molecular flexibility index (Phi) is 3.14. The number of aryl methyl sites for hydroxylation is 2. The molecule has 0 bridgehead atoms. The summed E-state index contributed by atoms with van der Waals surface area (Å²) in [5.74, 6) is 2.23. The average molecular weight is 248 g/mol. The van der Waals surface area contributed by atoms with Gasteiger partial charge in [-0.15, -0.1) is 5.10 Å². The molecule has 2 heterocycles. The lowest BCUT2D eigenvalue weighted by Crippen LogP contribution is -2.13. The van der Waals surface area contributed by atoms with Crippen LogP contribution < -0.4 is 10.5 Å². The molecule has 0 aliphatic rings. The highest BCUT2D eigenvalue weighted by atomic mass is 16.5. The van der Waals surface area contributed by atoms with E-state index in [4.69, 9.17) is 10.5 Å². The summed E-state index contributed by atoms with van der Waals surface area (Å²) in [5.41, 5.74) is 6.36. The molecular weight excluding hydrogens is 232 g/mol. The number of aromatic nitrogens is 5. The van der Waals surface area contributed by atoms with Crippen LogP contribution in [0.1, 0.15) is 25.5 Å². The standard InChI is InChI=1S/C11H16N6O/c1-6(2)18-11-9(12)10(13-5-14-11)17-8(4)15-7(3)16-17/h5-6H,12H2,1-4H3. The lowest BCUT2D eigenvalue weighted by Gasteiger charge is -2.12. The fraction of sp³-hybridized carbons (Fsp3) is 0.455. The summed E-state index contributed by atoms with van der Waals surface area (Å²) in [6.45, 7) is 7.47. The first kappa shape index (κ1) is 12.3. The zero-order valence-electron chi connectivity index (χ0n) is 10.9. The fourth-order valence-corrected chi connectivity index (χ4v) is 1.58. The lowest BCUT2D eigenvalue weighted by molar-refractivity contribution is 0.233. The lowest BCUT2D eigenvalue weighted by atomic mass is 10.4. The quantitative estimate of drug-likeness (QED) is 0.872. The molecule has 2 rings (SSSR count). The average Bonchev–Trinajstić information content (AvgIpc) is 2.60. The van der Waals surface area contributed by atoms with Gasteiger partial charge in [-0.1, -0.05) is 0 Å². The molecule has 96 valence electrons. The van der Waals surface area contributed by atoms with Crippen molar-refractivity contribution in [3.8, 4) is 11.7 Å². The first-order valence-corrected chi connectivity index (χ1v) is 5.66. The monoisotopic (exact) mass is 248 g/mol. The Morgan fingerprint density at radius 1 is 1.28 bits per heavy atom. The van der Waals surface area contributed by atoms with E-state index >= 15 is 0 Å². The SMILES string of the molecule is Cc1nc(C)n(-c2ncnc(OC(C)C)c2N)n1. The molecule has 0 radical (unpaired) electrons. The smallest absolute Gasteiger partial charge is 0.242 e. The first-order chi connectivity index (χ1) is 8.49. The van der Waals surface area contributed by atoms with Crippen LogP contribution >= 0.6 is 0 Å². The molecular formula is C11H16N6O. The Morgan fingerprint density at radius 2 is 2.00 bits per heavy atom. The normalized spacial score (nSPS) is 10.9. The fourth-order valence-electron chi connectivity index (χ4n) is 1.58. The number of rotatable bonds is 3. The van der Waals surface area contributed by atoms with Crippen LogP contribution in [0.15, 0.2) is 6.33 Å². The highest BCUT2D eigenvalue weighted by molar-refractivity contribution is 5.59. The van der Waals surface area contributed by atoms with Crippen LogP contribution in [0.4, 0.5) is 5.69 Å². The van der Waals surface area contributed by atoms with Crippen molar-refractivity contribution in [1.82, 2.24) is 24.7 Å². The van der Waals surface area contributed by atoms with Gasteiger partial charge in [0.1, 0.15) is 23.7 Å². The molecule has 7 heteroatoms. The molecule has 0 saturated carbocycles. The minimum Gasteiger partial charge on any atom is -0.473 e. The van der Waals surface area contributed by atoms with Crippen LogP contribution in [0.3, 0.4) is 0 Å². The molecule has 2 aromatic rings. The Bertz CT molecular complexity index is 563. The summed E-state index contributed by atoms with van der Waals surface area (Å²) in [5, 5.41) is 4.24. The van der Waals surface area contributed by atoms with Gasteiger partial charge in [-0.25, -0.2) is 9.97 Å². The Labute approximate surface area is 105 Å². The number of nitrogen functional groups attached to an aromatic ring is 1. The molecule has 0 amide bonds. The van der Waals surface area contributed by atoms with Crippen molar-refractivity contribution < 1.29 is 4.74 Å². The maximum absolute atomic E-state index is 6.00. The van der Waals surface area contributed by atoms with E-state index in [1.165, 1.54) is 6.33 Å². The van der Waals surface area contributed by atoms with Gasteiger partial charge in [-0.2, -0.15) is 9.67 Å². The van der Waals surface area contributed by atoms with Crippen molar-refractivity contribution in [3.05, 3.63) is 18.0 Å². The van der Waals surface area contributed by atoms with Crippen LogP contribution in [-0.2, 0) is 0 Å². The van der Waals surface area contributed by atoms with E-state index in [0.717, 1.165) is 0 Å². The predicted octanol–water partition coefficient (Wildman–Crippen LogP) is 1.04. The first-order valence-electron chi connectivity index (χ1n) is 5.66. The third-order valence-corrected chi connectivity index (χ3v) is 2.25. The molecule has 0 spiro atoms. The third-order valence-electron chi connectivity index (χ3n) is 2.25. The maximum Gasteiger partial charge on any atom is 0.242 e.